The van der Waals surface area contributed by atoms with E-state index in [1.807, 2.05) is 32.7 Å². The Morgan fingerprint density at radius 2 is 2.14 bits per heavy atom. The number of likely N-dealkylation sites (N-methyl/N-ethyl adjacent to an activating group) is 1. The number of likely N-dealkylation sites (tertiary alicyclic amines) is 1. The van der Waals surface area contributed by atoms with Gasteiger partial charge in [-0.15, -0.1) is 10.2 Å². The quantitative estimate of drug-likeness (QED) is 0.882. The number of aliphatic hydroxyl groups is 1. The molecule has 1 amide bonds. The highest BCUT2D eigenvalue weighted by Gasteiger charge is 2.38. The van der Waals surface area contributed by atoms with Crippen molar-refractivity contribution in [1.29, 1.82) is 0 Å². The molecule has 1 fully saturated rings. The number of hydrogen-bond donors (Lipinski definition) is 1. The summed E-state index contributed by atoms with van der Waals surface area (Å²) in [6, 6.07) is -0.195. The molecule has 1 aromatic rings. The number of carbonyl (C=O) groups excluding carboxylic acids is 1. The minimum atomic E-state index is -0.637. The first-order chi connectivity index (χ1) is 10.2. The van der Waals surface area contributed by atoms with E-state index in [9.17, 15) is 9.90 Å². The molecule has 0 radical (unpaired) electrons. The summed E-state index contributed by atoms with van der Waals surface area (Å²) in [6.45, 7) is 8.26. The highest BCUT2D eigenvalue weighted by molar-refractivity contribution is 5.68. The van der Waals surface area contributed by atoms with Crippen LogP contribution in [-0.2, 0) is 11.3 Å². The Morgan fingerprint density at radius 3 is 2.68 bits per heavy atom. The Bertz CT molecular complexity index is 525. The lowest BCUT2D eigenvalue weighted by molar-refractivity contribution is 0.0269. The molecule has 0 unspecified atom stereocenters. The van der Waals surface area contributed by atoms with Crippen molar-refractivity contribution in [2.24, 2.45) is 0 Å². The predicted molar refractivity (Wildman–Crippen MR) is 78.1 cm³/mol. The van der Waals surface area contributed by atoms with Gasteiger partial charge in [0.15, 0.2) is 0 Å². The predicted octanol–water partition coefficient (Wildman–Crippen LogP) is 0.790. The summed E-state index contributed by atoms with van der Waals surface area (Å²) in [5.41, 5.74) is -0.548. The van der Waals surface area contributed by atoms with Gasteiger partial charge in [-0.25, -0.2) is 4.79 Å². The van der Waals surface area contributed by atoms with E-state index in [1.54, 1.807) is 6.92 Å². The van der Waals surface area contributed by atoms with Crippen LogP contribution in [0.1, 0.15) is 32.6 Å². The minimum absolute atomic E-state index is 0.195. The van der Waals surface area contributed by atoms with Crippen LogP contribution in [0.15, 0.2) is 4.42 Å². The van der Waals surface area contributed by atoms with Crippen LogP contribution in [0.5, 0.6) is 0 Å². The van der Waals surface area contributed by atoms with Gasteiger partial charge in [-0.1, -0.05) is 0 Å². The third-order valence-corrected chi connectivity index (χ3v) is 3.43. The van der Waals surface area contributed by atoms with Gasteiger partial charge in [-0.3, -0.25) is 4.90 Å². The molecule has 1 aromatic heterocycles. The van der Waals surface area contributed by atoms with Crippen LogP contribution in [-0.4, -0.2) is 69.1 Å². The zero-order valence-corrected chi connectivity index (χ0v) is 13.7. The van der Waals surface area contributed by atoms with E-state index in [2.05, 4.69) is 10.2 Å². The fourth-order valence-electron chi connectivity index (χ4n) is 2.41. The number of aryl methyl sites for hydroxylation is 1. The highest BCUT2D eigenvalue weighted by Crippen LogP contribution is 2.20. The third kappa shape index (κ3) is 4.17. The van der Waals surface area contributed by atoms with E-state index in [4.69, 9.17) is 9.15 Å². The molecule has 0 aromatic carbocycles. The van der Waals surface area contributed by atoms with Crippen LogP contribution >= 0.6 is 0 Å². The van der Waals surface area contributed by atoms with E-state index in [-0.39, 0.29) is 12.6 Å². The molecule has 22 heavy (non-hydrogen) atoms. The molecule has 2 rings (SSSR count). The van der Waals surface area contributed by atoms with Gasteiger partial charge < -0.3 is 19.2 Å². The number of β-amino-alcohol motifs (C(OH)–C–C–N with tert-alkyl or cyclic N) is 1. The van der Waals surface area contributed by atoms with Crippen LogP contribution < -0.4 is 0 Å². The van der Waals surface area contributed by atoms with Gasteiger partial charge in [0.1, 0.15) is 5.60 Å². The molecule has 1 saturated heterocycles. The lowest BCUT2D eigenvalue weighted by Crippen LogP contribution is -2.41. The van der Waals surface area contributed by atoms with Crippen LogP contribution in [0.3, 0.4) is 0 Å². The van der Waals surface area contributed by atoms with Gasteiger partial charge >= 0.3 is 6.09 Å². The first-order valence-electron chi connectivity index (χ1n) is 7.31. The molecule has 0 spiro atoms. The largest absolute Gasteiger partial charge is 0.444 e. The van der Waals surface area contributed by atoms with Gasteiger partial charge in [0.2, 0.25) is 11.8 Å². The van der Waals surface area contributed by atoms with Gasteiger partial charge in [-0.2, -0.15) is 0 Å². The van der Waals surface area contributed by atoms with Crippen LogP contribution in [0.4, 0.5) is 4.79 Å². The normalized spacial score (nSPS) is 22.4. The van der Waals surface area contributed by atoms with Crippen LogP contribution in [0.25, 0.3) is 0 Å². The molecular formula is C14H24N4O4. The molecule has 1 aliphatic rings. The number of hydrogen-bond acceptors (Lipinski definition) is 7. The topological polar surface area (TPSA) is 91.9 Å². The van der Waals surface area contributed by atoms with Crippen molar-refractivity contribution in [3.63, 3.8) is 0 Å². The molecule has 1 aliphatic heterocycles. The van der Waals surface area contributed by atoms with Crippen molar-refractivity contribution < 1.29 is 19.1 Å². The van der Waals surface area contributed by atoms with Crippen molar-refractivity contribution in [1.82, 2.24) is 20.0 Å². The summed E-state index contributed by atoms with van der Waals surface area (Å²) < 4.78 is 10.7. The van der Waals surface area contributed by atoms with Crippen molar-refractivity contribution >= 4 is 6.09 Å². The molecule has 0 aliphatic carbocycles. The lowest BCUT2D eigenvalue weighted by Gasteiger charge is -2.26. The maximum absolute atomic E-state index is 12.1. The first-order valence-corrected chi connectivity index (χ1v) is 7.31. The number of rotatable bonds is 3. The molecule has 124 valence electrons. The number of aliphatic hydroxyl groups excluding tert-OH is 1. The molecular weight excluding hydrogens is 288 g/mol. The molecule has 2 atom stereocenters. The fourth-order valence-corrected chi connectivity index (χ4v) is 2.41. The van der Waals surface area contributed by atoms with E-state index < -0.39 is 17.8 Å². The molecule has 8 heteroatoms. The Balaban J connectivity index is 1.94. The van der Waals surface area contributed by atoms with Crippen molar-refractivity contribution in [3.8, 4) is 0 Å². The number of aromatic nitrogens is 2. The molecule has 0 saturated carbocycles. The van der Waals surface area contributed by atoms with Crippen molar-refractivity contribution in [2.45, 2.75) is 52.0 Å². The Kier molecular flexibility index (Phi) is 4.72. The summed E-state index contributed by atoms with van der Waals surface area (Å²) in [5.74, 6) is 0.994. The smallest absolute Gasteiger partial charge is 0.410 e. The summed E-state index contributed by atoms with van der Waals surface area (Å²) in [5, 5.41) is 17.9. The molecule has 2 heterocycles. The Labute approximate surface area is 130 Å². The summed E-state index contributed by atoms with van der Waals surface area (Å²) in [6.07, 6.45) is -1.04. The average Bonchev–Trinajstić information content (AvgIpc) is 2.93. The van der Waals surface area contributed by atoms with Gasteiger partial charge in [0, 0.05) is 13.5 Å². The van der Waals surface area contributed by atoms with Gasteiger partial charge in [-0.05, 0) is 27.8 Å². The number of amides is 1. The second kappa shape index (κ2) is 6.21. The molecule has 1 N–H and O–H groups in total. The standard InChI is InChI=1S/C14H24N4O4/c1-9-15-16-12(21-9)8-17(5)10-6-18(7-11(10)19)13(20)22-14(2,3)4/h10-11,19H,6-8H2,1-5H3/t10-,11-/m1/s1. The summed E-state index contributed by atoms with van der Waals surface area (Å²) in [4.78, 5) is 15.5. The second-order valence-electron chi connectivity index (χ2n) is 6.65. The third-order valence-electron chi connectivity index (χ3n) is 3.43. The Hall–Kier alpha value is -1.67. The van der Waals surface area contributed by atoms with Crippen molar-refractivity contribution in [2.75, 3.05) is 20.1 Å². The lowest BCUT2D eigenvalue weighted by atomic mass is 10.2. The monoisotopic (exact) mass is 312 g/mol. The maximum atomic E-state index is 12.1. The van der Waals surface area contributed by atoms with Crippen LogP contribution in [0, 0.1) is 6.92 Å². The SMILES string of the molecule is Cc1nnc(CN(C)[C@@H]2CN(C(=O)OC(C)(C)C)C[C@H]2O)o1. The van der Waals surface area contributed by atoms with E-state index in [0.29, 0.717) is 24.9 Å². The summed E-state index contributed by atoms with van der Waals surface area (Å²) in [7, 11) is 1.85. The van der Waals surface area contributed by atoms with Crippen LogP contribution in [0.2, 0.25) is 0 Å². The zero-order chi connectivity index (χ0) is 16.5. The fraction of sp³-hybridized carbons (Fsp3) is 0.786. The number of nitrogens with zero attached hydrogens (tertiary/aromatic N) is 4. The number of ether oxygens (including phenoxy) is 1. The van der Waals surface area contributed by atoms with E-state index in [1.165, 1.54) is 4.90 Å². The highest BCUT2D eigenvalue weighted by atomic mass is 16.6. The first kappa shape index (κ1) is 16.7. The minimum Gasteiger partial charge on any atom is -0.444 e. The van der Waals surface area contributed by atoms with Gasteiger partial charge in [0.25, 0.3) is 0 Å². The van der Waals surface area contributed by atoms with E-state index in [0.717, 1.165) is 0 Å². The van der Waals surface area contributed by atoms with Gasteiger partial charge in [0.05, 0.1) is 25.2 Å². The molecule has 8 nitrogen and oxygen atoms in total. The van der Waals surface area contributed by atoms with E-state index >= 15 is 0 Å². The maximum Gasteiger partial charge on any atom is 0.410 e. The zero-order valence-electron chi connectivity index (χ0n) is 13.7. The van der Waals surface area contributed by atoms with Crippen molar-refractivity contribution in [3.05, 3.63) is 11.8 Å². The second-order valence-corrected chi connectivity index (χ2v) is 6.65. The summed E-state index contributed by atoms with van der Waals surface area (Å²) >= 11 is 0. The average molecular weight is 312 g/mol. The molecule has 0 bridgehead atoms. The number of carbonyl (C=O) groups is 1. The Morgan fingerprint density at radius 1 is 1.45 bits per heavy atom.